The zero-order valence-corrected chi connectivity index (χ0v) is 18.4. The Morgan fingerprint density at radius 1 is 1.14 bits per heavy atom. The van der Waals surface area contributed by atoms with Crippen molar-refractivity contribution in [2.75, 3.05) is 13.2 Å². The van der Waals surface area contributed by atoms with E-state index in [-0.39, 0.29) is 34.0 Å². The first kappa shape index (κ1) is 24.9. The molecule has 0 bridgehead atoms. The first-order valence-electron chi connectivity index (χ1n) is 8.79. The van der Waals surface area contributed by atoms with Gasteiger partial charge in [-0.05, 0) is 56.0 Å². The molecule has 2 aromatic rings. The smallest absolute Gasteiger partial charge is 0.340 e. The van der Waals surface area contributed by atoms with Crippen molar-refractivity contribution >= 4 is 40.1 Å². The molecule has 0 saturated carbocycles. The zero-order chi connectivity index (χ0) is 20.6. The second-order valence-corrected chi connectivity index (χ2v) is 8.12. The molecule has 0 unspecified atom stereocenters. The van der Waals surface area contributed by atoms with Crippen molar-refractivity contribution in [3.8, 4) is 11.5 Å². The molecular formula is C19H25Cl2N3O4S. The quantitative estimate of drug-likeness (QED) is 0.214. The van der Waals surface area contributed by atoms with Gasteiger partial charge in [0.25, 0.3) is 0 Å². The first-order valence-corrected chi connectivity index (χ1v) is 10.6. The fourth-order valence-corrected chi connectivity index (χ4v) is 3.89. The fourth-order valence-electron chi connectivity index (χ4n) is 2.48. The molecule has 2 rings (SSSR count). The molecule has 0 aromatic heterocycles. The number of hydrogen-bond donors (Lipinski definition) is 3. The minimum absolute atomic E-state index is 0. The summed E-state index contributed by atoms with van der Waals surface area (Å²) < 4.78 is 35.9. The van der Waals surface area contributed by atoms with E-state index in [4.69, 9.17) is 31.7 Å². The molecule has 0 saturated heterocycles. The van der Waals surface area contributed by atoms with Crippen LogP contribution in [0.5, 0.6) is 11.5 Å². The summed E-state index contributed by atoms with van der Waals surface area (Å²) in [4.78, 5) is -0.0835. The van der Waals surface area contributed by atoms with Crippen LogP contribution in [-0.4, -0.2) is 27.5 Å². The molecule has 0 radical (unpaired) electrons. The van der Waals surface area contributed by atoms with Gasteiger partial charge in [-0.1, -0.05) is 23.7 Å². The molecule has 0 aliphatic heterocycles. The van der Waals surface area contributed by atoms with Crippen molar-refractivity contribution in [2.45, 2.75) is 31.1 Å². The number of aryl methyl sites for hydroxylation is 1. The van der Waals surface area contributed by atoms with E-state index in [2.05, 4.69) is 5.32 Å². The SMILES string of the molecule is Cc1cc(OCCCCCNC(=N)N)cc(OS(=O)(=O)c2ccccc2Cl)c1.Cl. The predicted octanol–water partition coefficient (Wildman–Crippen LogP) is 3.87. The largest absolute Gasteiger partial charge is 0.493 e. The molecule has 4 N–H and O–H groups in total. The van der Waals surface area contributed by atoms with Crippen LogP contribution >= 0.6 is 24.0 Å². The van der Waals surface area contributed by atoms with Gasteiger partial charge in [0, 0.05) is 12.6 Å². The van der Waals surface area contributed by atoms with E-state index in [1.807, 2.05) is 13.0 Å². The third-order valence-electron chi connectivity index (χ3n) is 3.74. The van der Waals surface area contributed by atoms with Gasteiger partial charge in [0.05, 0.1) is 11.6 Å². The van der Waals surface area contributed by atoms with Crippen LogP contribution in [-0.2, 0) is 10.1 Å². The number of ether oxygens (including phenoxy) is 1. The van der Waals surface area contributed by atoms with Crippen LogP contribution in [0.15, 0.2) is 47.4 Å². The lowest BCUT2D eigenvalue weighted by atomic mass is 10.2. The van der Waals surface area contributed by atoms with Gasteiger partial charge in [0.1, 0.15) is 16.4 Å². The van der Waals surface area contributed by atoms with Crippen molar-refractivity contribution in [3.05, 3.63) is 53.1 Å². The topological polar surface area (TPSA) is 114 Å². The summed E-state index contributed by atoms with van der Waals surface area (Å²) in [6, 6.07) is 11.1. The van der Waals surface area contributed by atoms with Gasteiger partial charge in [-0.3, -0.25) is 5.41 Å². The molecule has 160 valence electrons. The molecule has 0 aliphatic rings. The van der Waals surface area contributed by atoms with E-state index >= 15 is 0 Å². The zero-order valence-electron chi connectivity index (χ0n) is 16.0. The maximum absolute atomic E-state index is 12.5. The summed E-state index contributed by atoms with van der Waals surface area (Å²) >= 11 is 5.97. The monoisotopic (exact) mass is 461 g/mol. The Hall–Kier alpha value is -2.16. The number of halogens is 2. The molecule has 10 heteroatoms. The molecule has 0 atom stereocenters. The summed E-state index contributed by atoms with van der Waals surface area (Å²) in [6.07, 6.45) is 2.61. The molecule has 29 heavy (non-hydrogen) atoms. The molecule has 0 fully saturated rings. The number of guanidine groups is 1. The molecule has 0 aliphatic carbocycles. The summed E-state index contributed by atoms with van der Waals surface area (Å²) in [6.45, 7) is 2.97. The van der Waals surface area contributed by atoms with Crippen LogP contribution in [0.25, 0.3) is 0 Å². The molecule has 0 amide bonds. The van der Waals surface area contributed by atoms with Crippen LogP contribution in [0.3, 0.4) is 0 Å². The Kier molecular flexibility index (Phi) is 10.1. The van der Waals surface area contributed by atoms with E-state index in [9.17, 15) is 8.42 Å². The number of benzene rings is 2. The first-order chi connectivity index (χ1) is 13.3. The van der Waals surface area contributed by atoms with Gasteiger partial charge >= 0.3 is 10.1 Å². The standard InChI is InChI=1S/C19H24ClN3O4S.ClH/c1-14-11-15(26-10-6-2-5-9-23-19(21)22)13-16(12-14)27-28(24,25)18-8-4-3-7-17(18)20;/h3-4,7-8,11-13H,2,5-6,9-10H2,1H3,(H4,21,22,23);1H. The third-order valence-corrected chi connectivity index (χ3v) is 5.49. The van der Waals surface area contributed by atoms with Crippen molar-refractivity contribution < 1.29 is 17.3 Å². The van der Waals surface area contributed by atoms with Gasteiger partial charge in [0.15, 0.2) is 5.96 Å². The molecular weight excluding hydrogens is 437 g/mol. The number of hydrogen-bond acceptors (Lipinski definition) is 5. The Bertz CT molecular complexity index is 923. The Balaban J connectivity index is 0.00000420. The van der Waals surface area contributed by atoms with Crippen molar-refractivity contribution in [1.82, 2.24) is 5.32 Å². The predicted molar refractivity (Wildman–Crippen MR) is 117 cm³/mol. The number of nitrogens with one attached hydrogen (secondary N) is 2. The van der Waals surface area contributed by atoms with E-state index in [0.717, 1.165) is 24.8 Å². The minimum Gasteiger partial charge on any atom is -0.493 e. The lowest BCUT2D eigenvalue weighted by Gasteiger charge is -2.12. The number of nitrogens with two attached hydrogens (primary N) is 1. The van der Waals surface area contributed by atoms with Gasteiger partial charge in [0.2, 0.25) is 0 Å². The van der Waals surface area contributed by atoms with E-state index in [1.54, 1.807) is 24.3 Å². The van der Waals surface area contributed by atoms with Gasteiger partial charge < -0.3 is 20.0 Å². The average molecular weight is 462 g/mol. The van der Waals surface area contributed by atoms with Gasteiger partial charge in [-0.25, -0.2) is 0 Å². The van der Waals surface area contributed by atoms with Gasteiger partial charge in [-0.2, -0.15) is 8.42 Å². The second-order valence-electron chi connectivity index (χ2n) is 6.20. The van der Waals surface area contributed by atoms with Crippen molar-refractivity contribution in [3.63, 3.8) is 0 Å². The van der Waals surface area contributed by atoms with E-state index in [1.165, 1.54) is 12.1 Å². The second kappa shape index (κ2) is 11.7. The molecule has 2 aromatic carbocycles. The summed E-state index contributed by atoms with van der Waals surface area (Å²) in [5.41, 5.74) is 6.02. The summed E-state index contributed by atoms with van der Waals surface area (Å²) in [5.74, 6) is 0.669. The summed E-state index contributed by atoms with van der Waals surface area (Å²) in [7, 11) is -4.04. The average Bonchev–Trinajstić information content (AvgIpc) is 2.60. The minimum atomic E-state index is -4.04. The van der Waals surface area contributed by atoms with E-state index in [0.29, 0.717) is 18.9 Å². The highest BCUT2D eigenvalue weighted by molar-refractivity contribution is 7.87. The highest BCUT2D eigenvalue weighted by Gasteiger charge is 2.20. The van der Waals surface area contributed by atoms with Crippen LogP contribution in [0.2, 0.25) is 5.02 Å². The lowest BCUT2D eigenvalue weighted by Crippen LogP contribution is -2.30. The number of unbranched alkanes of at least 4 members (excludes halogenated alkanes) is 2. The van der Waals surface area contributed by atoms with Crippen molar-refractivity contribution in [2.24, 2.45) is 5.73 Å². The highest BCUT2D eigenvalue weighted by atomic mass is 35.5. The lowest BCUT2D eigenvalue weighted by molar-refractivity contribution is 0.304. The maximum atomic E-state index is 12.5. The van der Waals surface area contributed by atoms with Crippen LogP contribution in [0.4, 0.5) is 0 Å². The Morgan fingerprint density at radius 2 is 1.83 bits per heavy atom. The fraction of sp³-hybridized carbons (Fsp3) is 0.316. The molecule has 0 spiro atoms. The van der Waals surface area contributed by atoms with Crippen LogP contribution < -0.4 is 20.0 Å². The highest BCUT2D eigenvalue weighted by Crippen LogP contribution is 2.28. The Labute approximate surface area is 182 Å². The molecule has 0 heterocycles. The van der Waals surface area contributed by atoms with Crippen LogP contribution in [0, 0.1) is 12.3 Å². The molecule has 7 nitrogen and oxygen atoms in total. The maximum Gasteiger partial charge on any atom is 0.340 e. The van der Waals surface area contributed by atoms with E-state index < -0.39 is 10.1 Å². The number of rotatable bonds is 10. The normalized spacial score (nSPS) is 10.7. The van der Waals surface area contributed by atoms with Crippen LogP contribution in [0.1, 0.15) is 24.8 Å². The third kappa shape index (κ3) is 8.39. The van der Waals surface area contributed by atoms with Crippen molar-refractivity contribution in [1.29, 1.82) is 5.41 Å². The Morgan fingerprint density at radius 3 is 2.52 bits per heavy atom. The summed E-state index contributed by atoms with van der Waals surface area (Å²) in [5, 5.41) is 9.92. The van der Waals surface area contributed by atoms with Gasteiger partial charge in [-0.15, -0.1) is 12.4 Å².